The van der Waals surface area contributed by atoms with E-state index in [1.54, 1.807) is 32.4 Å². The van der Waals surface area contributed by atoms with E-state index in [-0.39, 0.29) is 25.1 Å². The van der Waals surface area contributed by atoms with Gasteiger partial charge >= 0.3 is 0 Å². The van der Waals surface area contributed by atoms with Crippen molar-refractivity contribution < 1.29 is 19.0 Å². The molecule has 1 atom stereocenters. The zero-order chi connectivity index (χ0) is 18.9. The Balaban J connectivity index is 2.06. The maximum Gasteiger partial charge on any atom is 0.258 e. The van der Waals surface area contributed by atoms with Crippen molar-refractivity contribution in [2.24, 2.45) is 5.73 Å². The van der Waals surface area contributed by atoms with Crippen LogP contribution in [-0.4, -0.2) is 33.3 Å². The second-order valence-electron chi connectivity index (χ2n) is 5.42. The van der Waals surface area contributed by atoms with E-state index in [0.717, 1.165) is 11.1 Å². The summed E-state index contributed by atoms with van der Waals surface area (Å²) in [6.07, 6.45) is 5.08. The van der Waals surface area contributed by atoms with Crippen molar-refractivity contribution in [2.75, 3.05) is 27.4 Å². The SMILES string of the molecule is C#CCNC(=O)COc1ccc(C(N)c2ccc(OC)cc2OC)cc1. The Morgan fingerprint density at radius 3 is 2.46 bits per heavy atom. The molecule has 2 rings (SSSR count). The van der Waals surface area contributed by atoms with E-state index in [2.05, 4.69) is 11.2 Å². The number of hydrogen-bond donors (Lipinski definition) is 2. The predicted molar refractivity (Wildman–Crippen MR) is 99.4 cm³/mol. The molecule has 0 bridgehead atoms. The second kappa shape index (κ2) is 9.35. The lowest BCUT2D eigenvalue weighted by atomic mass is 9.98. The van der Waals surface area contributed by atoms with E-state index in [4.69, 9.17) is 26.4 Å². The fourth-order valence-corrected chi connectivity index (χ4v) is 2.38. The third-order valence-electron chi connectivity index (χ3n) is 3.77. The number of nitrogens with two attached hydrogens (primary N) is 1. The number of terminal acetylenes is 1. The van der Waals surface area contributed by atoms with E-state index in [1.807, 2.05) is 24.3 Å². The zero-order valence-corrected chi connectivity index (χ0v) is 14.8. The number of benzene rings is 2. The molecule has 0 aromatic heterocycles. The molecule has 6 heteroatoms. The van der Waals surface area contributed by atoms with E-state index >= 15 is 0 Å². The second-order valence-corrected chi connectivity index (χ2v) is 5.42. The van der Waals surface area contributed by atoms with Gasteiger partial charge in [0.2, 0.25) is 0 Å². The molecule has 0 heterocycles. The number of nitrogens with one attached hydrogen (secondary N) is 1. The number of ether oxygens (including phenoxy) is 3. The van der Waals surface area contributed by atoms with Crippen LogP contribution in [0.3, 0.4) is 0 Å². The van der Waals surface area contributed by atoms with Gasteiger partial charge in [-0.1, -0.05) is 18.1 Å². The fourth-order valence-electron chi connectivity index (χ4n) is 2.38. The van der Waals surface area contributed by atoms with Gasteiger partial charge < -0.3 is 25.3 Å². The average Bonchev–Trinajstić information content (AvgIpc) is 2.69. The van der Waals surface area contributed by atoms with Crippen LogP contribution >= 0.6 is 0 Å². The summed E-state index contributed by atoms with van der Waals surface area (Å²) in [5, 5.41) is 2.53. The van der Waals surface area contributed by atoms with Crippen LogP contribution < -0.4 is 25.3 Å². The van der Waals surface area contributed by atoms with Gasteiger partial charge in [-0.2, -0.15) is 0 Å². The van der Waals surface area contributed by atoms with Crippen LogP contribution in [0.15, 0.2) is 42.5 Å². The maximum absolute atomic E-state index is 11.5. The van der Waals surface area contributed by atoms with Gasteiger partial charge in [0.05, 0.1) is 26.8 Å². The quantitative estimate of drug-likeness (QED) is 0.707. The highest BCUT2D eigenvalue weighted by Crippen LogP contribution is 2.32. The lowest BCUT2D eigenvalue weighted by molar-refractivity contribution is -0.122. The minimum absolute atomic E-state index is 0.0978. The highest BCUT2D eigenvalue weighted by Gasteiger charge is 2.15. The summed E-state index contributed by atoms with van der Waals surface area (Å²) < 4.78 is 16.0. The standard InChI is InChI=1S/C20H22N2O4/c1-4-11-22-19(23)13-26-15-7-5-14(6-8-15)20(21)17-10-9-16(24-2)12-18(17)25-3/h1,5-10,12,20H,11,13,21H2,2-3H3,(H,22,23). The number of amides is 1. The maximum atomic E-state index is 11.5. The molecule has 1 unspecified atom stereocenters. The lowest BCUT2D eigenvalue weighted by Gasteiger charge is -2.17. The molecule has 0 aliphatic carbocycles. The Kier molecular flexibility index (Phi) is 6.89. The van der Waals surface area contributed by atoms with Crippen LogP contribution in [0.4, 0.5) is 0 Å². The first-order valence-corrected chi connectivity index (χ1v) is 7.99. The Labute approximate surface area is 153 Å². The van der Waals surface area contributed by atoms with Gasteiger partial charge in [0.15, 0.2) is 6.61 Å². The third kappa shape index (κ3) is 4.91. The van der Waals surface area contributed by atoms with Gasteiger partial charge in [-0.05, 0) is 29.8 Å². The lowest BCUT2D eigenvalue weighted by Crippen LogP contribution is -2.29. The molecule has 0 fully saturated rings. The molecule has 26 heavy (non-hydrogen) atoms. The number of carbonyl (C=O) groups excluding carboxylic acids is 1. The first-order chi connectivity index (χ1) is 12.6. The predicted octanol–water partition coefficient (Wildman–Crippen LogP) is 1.88. The molecule has 0 radical (unpaired) electrons. The summed E-state index contributed by atoms with van der Waals surface area (Å²) in [4.78, 5) is 11.5. The van der Waals surface area contributed by atoms with Gasteiger partial charge in [0.1, 0.15) is 17.2 Å². The van der Waals surface area contributed by atoms with Gasteiger partial charge in [-0.15, -0.1) is 6.42 Å². The van der Waals surface area contributed by atoms with Crippen molar-refractivity contribution in [3.63, 3.8) is 0 Å². The van der Waals surface area contributed by atoms with Crippen molar-refractivity contribution in [3.8, 4) is 29.6 Å². The largest absolute Gasteiger partial charge is 0.497 e. The molecule has 0 aliphatic rings. The summed E-state index contributed by atoms with van der Waals surface area (Å²) in [5.41, 5.74) is 8.10. The number of carbonyl (C=O) groups is 1. The van der Waals surface area contributed by atoms with Crippen LogP contribution in [0.2, 0.25) is 0 Å². The molecule has 0 spiro atoms. The number of hydrogen-bond acceptors (Lipinski definition) is 5. The molecule has 136 valence electrons. The van der Waals surface area contributed by atoms with Crippen molar-refractivity contribution in [1.29, 1.82) is 0 Å². The van der Waals surface area contributed by atoms with E-state index in [1.165, 1.54) is 0 Å². The third-order valence-corrected chi connectivity index (χ3v) is 3.77. The Morgan fingerprint density at radius 1 is 1.15 bits per heavy atom. The van der Waals surface area contributed by atoms with Gasteiger partial charge in [0.25, 0.3) is 5.91 Å². The van der Waals surface area contributed by atoms with Gasteiger partial charge in [-0.3, -0.25) is 4.79 Å². The van der Waals surface area contributed by atoms with Gasteiger partial charge in [0, 0.05) is 11.6 Å². The normalized spacial score (nSPS) is 11.2. The van der Waals surface area contributed by atoms with Crippen LogP contribution in [-0.2, 0) is 4.79 Å². The molecule has 3 N–H and O–H groups in total. The summed E-state index contributed by atoms with van der Waals surface area (Å²) in [6.45, 7) is 0.0824. The molecule has 0 saturated heterocycles. The van der Waals surface area contributed by atoms with E-state index in [9.17, 15) is 4.79 Å². The van der Waals surface area contributed by atoms with Crippen molar-refractivity contribution in [3.05, 3.63) is 53.6 Å². The molecule has 6 nitrogen and oxygen atoms in total. The summed E-state index contributed by atoms with van der Waals surface area (Å²) in [5.74, 6) is 3.98. The monoisotopic (exact) mass is 354 g/mol. The van der Waals surface area contributed by atoms with Crippen LogP contribution in [0.25, 0.3) is 0 Å². The van der Waals surface area contributed by atoms with E-state index < -0.39 is 0 Å². The zero-order valence-electron chi connectivity index (χ0n) is 14.8. The van der Waals surface area contributed by atoms with Crippen molar-refractivity contribution >= 4 is 5.91 Å². The molecule has 0 aliphatic heterocycles. The topological polar surface area (TPSA) is 82.8 Å². The highest BCUT2D eigenvalue weighted by atomic mass is 16.5. The highest BCUT2D eigenvalue weighted by molar-refractivity contribution is 5.77. The van der Waals surface area contributed by atoms with Gasteiger partial charge in [-0.25, -0.2) is 0 Å². The summed E-state index contributed by atoms with van der Waals surface area (Å²) >= 11 is 0. The molecule has 2 aromatic rings. The van der Waals surface area contributed by atoms with E-state index in [0.29, 0.717) is 17.2 Å². The molecule has 2 aromatic carbocycles. The molecule has 1 amide bonds. The average molecular weight is 354 g/mol. The number of rotatable bonds is 8. The number of methoxy groups -OCH3 is 2. The molecular formula is C20H22N2O4. The minimum atomic E-state index is -0.371. The van der Waals surface area contributed by atoms with Crippen LogP contribution in [0.1, 0.15) is 17.2 Å². The summed E-state index contributed by atoms with van der Waals surface area (Å²) in [7, 11) is 3.19. The van der Waals surface area contributed by atoms with Crippen molar-refractivity contribution in [2.45, 2.75) is 6.04 Å². The van der Waals surface area contributed by atoms with Crippen molar-refractivity contribution in [1.82, 2.24) is 5.32 Å². The Hall–Kier alpha value is -3.17. The molecular weight excluding hydrogens is 332 g/mol. The van der Waals surface area contributed by atoms with Crippen LogP contribution in [0, 0.1) is 12.3 Å². The first-order valence-electron chi connectivity index (χ1n) is 7.99. The first kappa shape index (κ1) is 19.2. The smallest absolute Gasteiger partial charge is 0.258 e. The molecule has 0 saturated carbocycles. The Bertz CT molecular complexity index is 781. The minimum Gasteiger partial charge on any atom is -0.497 e. The summed E-state index contributed by atoms with van der Waals surface area (Å²) in [6, 6.07) is 12.4. The Morgan fingerprint density at radius 2 is 1.85 bits per heavy atom. The fraction of sp³-hybridized carbons (Fsp3) is 0.250. The van der Waals surface area contributed by atoms with Crippen LogP contribution in [0.5, 0.6) is 17.2 Å².